The number of hydrogen-bond acceptors (Lipinski definition) is 0. The first kappa shape index (κ1) is 1250. The van der Waals surface area contributed by atoms with E-state index < -0.39 is 0 Å². The van der Waals surface area contributed by atoms with Gasteiger partial charge in [-0.2, -0.15) is 0 Å². The molecule has 0 aliphatic heterocycles. The zero-order valence-corrected chi connectivity index (χ0v) is 7.67. The molecule has 0 aliphatic rings. The molecule has 0 amide bonds. The summed E-state index contributed by atoms with van der Waals surface area (Å²) in [5.41, 5.74) is 0. The molecule has 0 atom stereocenters. The maximum absolute atomic E-state index is 0. The van der Waals surface area contributed by atoms with E-state index in [1.54, 1.807) is 0 Å². The third-order valence-corrected chi connectivity index (χ3v) is 0. The molecule has 8 nitrogen and oxygen atoms in total. The molecule has 76 valence electrons. The van der Waals surface area contributed by atoms with Gasteiger partial charge in [-0.15, -0.1) is 0 Å². The average Bonchev–Trinajstić information content (AvgIpc) is 0. The van der Waals surface area contributed by atoms with Gasteiger partial charge < -0.3 is 43.8 Å². The Morgan fingerprint density at radius 2 is 0.300 bits per heavy atom. The molecule has 0 aromatic rings. The van der Waals surface area contributed by atoms with E-state index >= 15 is 0 Å². The van der Waals surface area contributed by atoms with Crippen molar-refractivity contribution < 1.29 is 82.8 Å². The first-order chi connectivity index (χ1) is 0. The van der Waals surface area contributed by atoms with Gasteiger partial charge in [0.1, 0.15) is 0 Å². The summed E-state index contributed by atoms with van der Waals surface area (Å²) in [4.78, 5) is 0. The quantitative estimate of drug-likeness (QED) is 0.377. The normalized spacial score (nSPS) is 0. The Balaban J connectivity index is 0. The summed E-state index contributed by atoms with van der Waals surface area (Å²) in [5.74, 6) is 0. The van der Waals surface area contributed by atoms with E-state index in [-0.39, 0.29) is 82.8 Å². The van der Waals surface area contributed by atoms with E-state index in [2.05, 4.69) is 0 Å². The zero-order chi connectivity index (χ0) is 0. The van der Waals surface area contributed by atoms with Gasteiger partial charge in [-0.05, 0) is 0 Å². The molecule has 0 saturated heterocycles. The topological polar surface area (TPSA) is 243 Å². The van der Waals surface area contributed by atoms with Crippen molar-refractivity contribution in [2.75, 3.05) is 0 Å². The van der Waals surface area contributed by atoms with Gasteiger partial charge in [-0.1, -0.05) is 0 Å². The number of rotatable bonds is 0. The molecule has 0 spiro atoms. The Bertz CT molecular complexity index is 7.22. The van der Waals surface area contributed by atoms with Gasteiger partial charge in [0.05, 0.1) is 0 Å². The van der Waals surface area contributed by atoms with Crippen LogP contribution in [-0.4, -0.2) is 27.4 Å². The third-order valence-electron chi connectivity index (χ3n) is 0. The average molecular weight is 344 g/mol. The SMILES string of the molecule is O.O.O.O.O.[O-2].[O-2].[O-2].[Rh+3].[Rh+3]. The molecule has 0 unspecified atom stereocenters. The van der Waals surface area contributed by atoms with Crippen molar-refractivity contribution in [1.29, 1.82) is 0 Å². The van der Waals surface area contributed by atoms with E-state index in [0.717, 1.165) is 0 Å². The van der Waals surface area contributed by atoms with Crippen LogP contribution in [0.15, 0.2) is 0 Å². The molecule has 0 fully saturated rings. The van der Waals surface area contributed by atoms with Crippen LogP contribution in [0.3, 0.4) is 0 Å². The maximum atomic E-state index is 0. The minimum absolute atomic E-state index is 0. The van der Waals surface area contributed by atoms with Crippen LogP contribution in [0.2, 0.25) is 0 Å². The fourth-order valence-corrected chi connectivity index (χ4v) is 0. The summed E-state index contributed by atoms with van der Waals surface area (Å²) in [6.45, 7) is 0. The van der Waals surface area contributed by atoms with Crippen LogP contribution in [0.4, 0.5) is 0 Å². The first-order valence-corrected chi connectivity index (χ1v) is 0. The van der Waals surface area contributed by atoms with E-state index in [1.165, 1.54) is 0 Å². The molecule has 0 bridgehead atoms. The fraction of sp³-hybridized carbons (Fsp3) is 0. The van der Waals surface area contributed by atoms with Crippen molar-refractivity contribution in [3.05, 3.63) is 0 Å². The molecular formula is H10O8Rh2. The van der Waals surface area contributed by atoms with Crippen LogP contribution in [0.5, 0.6) is 0 Å². The molecule has 0 heterocycles. The van der Waals surface area contributed by atoms with Crippen molar-refractivity contribution in [2.24, 2.45) is 0 Å². The Labute approximate surface area is 83.0 Å². The summed E-state index contributed by atoms with van der Waals surface area (Å²) in [6.07, 6.45) is 0. The minimum Gasteiger partial charge on any atom is -2.00 e. The smallest absolute Gasteiger partial charge is 2.00 e. The predicted octanol–water partition coefficient (Wildman–Crippen LogP) is -4.48. The van der Waals surface area contributed by atoms with Crippen molar-refractivity contribution in [3.63, 3.8) is 0 Å². The second-order valence-electron chi connectivity index (χ2n) is 0. The standard InChI is InChI=1S/5H2O.3O.2Rh/h5*1H2;;;;;/q;;;;;3*-2;2*+3. The van der Waals surface area contributed by atoms with Gasteiger partial charge in [0, 0.05) is 0 Å². The molecule has 10 heavy (non-hydrogen) atoms. The molecular weight excluding hydrogens is 334 g/mol. The van der Waals surface area contributed by atoms with E-state index in [1.807, 2.05) is 0 Å². The van der Waals surface area contributed by atoms with Crippen LogP contribution in [-0.2, 0) is 55.4 Å². The monoisotopic (exact) mass is 344 g/mol. The van der Waals surface area contributed by atoms with Crippen LogP contribution >= 0.6 is 0 Å². The van der Waals surface area contributed by atoms with Crippen molar-refractivity contribution in [1.82, 2.24) is 0 Å². The second-order valence-corrected chi connectivity index (χ2v) is 0. The van der Waals surface area contributed by atoms with Gasteiger partial charge >= 0.3 is 39.0 Å². The molecule has 0 radical (unpaired) electrons. The van der Waals surface area contributed by atoms with Gasteiger partial charge in [0.25, 0.3) is 0 Å². The van der Waals surface area contributed by atoms with Crippen LogP contribution < -0.4 is 0 Å². The molecule has 10 heteroatoms. The fourth-order valence-electron chi connectivity index (χ4n) is 0. The van der Waals surface area contributed by atoms with Crippen molar-refractivity contribution in [2.45, 2.75) is 0 Å². The summed E-state index contributed by atoms with van der Waals surface area (Å²) in [6, 6.07) is 0. The predicted molar refractivity (Wildman–Crippen MR) is 20.1 cm³/mol. The Morgan fingerprint density at radius 1 is 0.300 bits per heavy atom. The van der Waals surface area contributed by atoms with E-state index in [9.17, 15) is 0 Å². The molecule has 0 saturated carbocycles. The van der Waals surface area contributed by atoms with Crippen molar-refractivity contribution in [3.8, 4) is 0 Å². The van der Waals surface area contributed by atoms with Crippen LogP contribution in [0.1, 0.15) is 0 Å². The third kappa shape index (κ3) is 653. The van der Waals surface area contributed by atoms with Crippen LogP contribution in [0.25, 0.3) is 0 Å². The van der Waals surface area contributed by atoms with Gasteiger partial charge in [-0.25, -0.2) is 0 Å². The summed E-state index contributed by atoms with van der Waals surface area (Å²) >= 11 is 0. The summed E-state index contributed by atoms with van der Waals surface area (Å²) in [7, 11) is 0. The molecule has 0 aliphatic carbocycles. The Morgan fingerprint density at radius 3 is 0.300 bits per heavy atom. The van der Waals surface area contributed by atoms with Crippen molar-refractivity contribution >= 4 is 0 Å². The summed E-state index contributed by atoms with van der Waals surface area (Å²) in [5, 5.41) is 0. The van der Waals surface area contributed by atoms with Crippen LogP contribution in [0, 0.1) is 0 Å². The molecule has 0 rings (SSSR count). The second kappa shape index (κ2) is 921. The van der Waals surface area contributed by atoms with Gasteiger partial charge in [0.15, 0.2) is 0 Å². The summed E-state index contributed by atoms with van der Waals surface area (Å²) < 4.78 is 0. The van der Waals surface area contributed by atoms with E-state index in [4.69, 9.17) is 0 Å². The minimum atomic E-state index is 0. The number of hydrogen-bond donors (Lipinski definition) is 0. The maximum Gasteiger partial charge on any atom is 3.00 e. The first-order valence-electron chi connectivity index (χ1n) is 0. The molecule has 10 N–H and O–H groups in total. The zero-order valence-electron chi connectivity index (χ0n) is 4.39. The largest absolute Gasteiger partial charge is 3.00 e. The Kier molecular flexibility index (Phi) is 115000. The Hall–Kier alpha value is 0.927. The molecule has 0 aromatic heterocycles. The van der Waals surface area contributed by atoms with Gasteiger partial charge in [0.2, 0.25) is 0 Å². The van der Waals surface area contributed by atoms with E-state index in [0.29, 0.717) is 0 Å². The van der Waals surface area contributed by atoms with Gasteiger partial charge in [-0.3, -0.25) is 0 Å². The molecule has 0 aromatic carbocycles.